The Morgan fingerprint density at radius 3 is 2.41 bits per heavy atom. The second-order valence-electron chi connectivity index (χ2n) is 9.41. The van der Waals surface area contributed by atoms with Crippen molar-refractivity contribution >= 4 is 11.9 Å². The van der Waals surface area contributed by atoms with Crippen LogP contribution in [0.4, 0.5) is 0 Å². The van der Waals surface area contributed by atoms with Crippen molar-refractivity contribution in [3.63, 3.8) is 0 Å². The first-order chi connectivity index (χ1) is 17.6. The number of carbonyl (C=O) groups excluding carboxylic acids is 1. The van der Waals surface area contributed by atoms with E-state index in [1.54, 1.807) is 44.2 Å². The van der Waals surface area contributed by atoms with Crippen molar-refractivity contribution in [3.8, 4) is 11.5 Å². The zero-order valence-electron chi connectivity index (χ0n) is 22.5. The Balaban J connectivity index is 2.17. The van der Waals surface area contributed by atoms with Crippen LogP contribution < -0.4 is 9.47 Å². The highest BCUT2D eigenvalue weighted by atomic mass is 16.8. The molecule has 1 saturated heterocycles. The minimum atomic E-state index is -1.35. The Morgan fingerprint density at radius 1 is 1.00 bits per heavy atom. The summed E-state index contributed by atoms with van der Waals surface area (Å²) in [6.07, 6.45) is 2.47. The zero-order chi connectivity index (χ0) is 27.2. The van der Waals surface area contributed by atoms with Gasteiger partial charge in [0.05, 0.1) is 18.8 Å². The molecule has 2 aliphatic rings. The van der Waals surface area contributed by atoms with Gasteiger partial charge in [-0.1, -0.05) is 25.2 Å². The molecule has 2 heterocycles. The van der Waals surface area contributed by atoms with Gasteiger partial charge in [-0.2, -0.15) is 0 Å². The summed E-state index contributed by atoms with van der Waals surface area (Å²) in [5, 5.41) is 11.2. The topological polar surface area (TPSA) is 111 Å². The molecule has 0 saturated carbocycles. The normalized spacial score (nSPS) is 31.6. The molecular formula is C27H38O10. The molecule has 0 bridgehead atoms. The maximum atomic E-state index is 13.2. The summed E-state index contributed by atoms with van der Waals surface area (Å²) >= 11 is 0. The third kappa shape index (κ3) is 7.38. The van der Waals surface area contributed by atoms with Crippen LogP contribution in [0.2, 0.25) is 0 Å². The average molecular weight is 523 g/mol. The first-order valence-corrected chi connectivity index (χ1v) is 12.1. The predicted octanol–water partition coefficient (Wildman–Crippen LogP) is 3.37. The standard InChI is InChI=1S/C27H38O10/c1-16-8-10-20(28)24-25(37-27(3,4)36-24)21(33-14-30-5)11-9-18-12-19(32-7)13-22(34-15-31-6)23(18)26(29)35-17(16)2/h8-13,16-17,21,24-26,29H,14-15H2,1-7H3/b10-8-,11-9+/t16-,17+,21?,24?,25?,26?/m1/s1. The third-order valence-electron chi connectivity index (χ3n) is 6.19. The lowest BCUT2D eigenvalue weighted by Crippen LogP contribution is -2.40. The smallest absolute Gasteiger partial charge is 0.188 e. The van der Waals surface area contributed by atoms with Crippen molar-refractivity contribution in [2.75, 3.05) is 34.9 Å². The van der Waals surface area contributed by atoms with E-state index in [2.05, 4.69) is 0 Å². The molecule has 1 N–H and O–H groups in total. The number of carbonyl (C=O) groups is 1. The lowest BCUT2D eigenvalue weighted by atomic mass is 9.98. The molecule has 1 fully saturated rings. The molecule has 10 heteroatoms. The lowest BCUT2D eigenvalue weighted by molar-refractivity contribution is -0.164. The summed E-state index contributed by atoms with van der Waals surface area (Å²) in [7, 11) is 4.54. The molecule has 1 aromatic carbocycles. The summed E-state index contributed by atoms with van der Waals surface area (Å²) in [5.41, 5.74) is 0.939. The van der Waals surface area contributed by atoms with Crippen molar-refractivity contribution in [1.82, 2.24) is 0 Å². The molecular weight excluding hydrogens is 484 g/mol. The fraction of sp³-hybridized carbons (Fsp3) is 0.593. The molecule has 2 aliphatic heterocycles. The van der Waals surface area contributed by atoms with Crippen LogP contribution in [0.15, 0.2) is 30.4 Å². The largest absolute Gasteiger partial charge is 0.497 e. The minimum Gasteiger partial charge on any atom is -0.497 e. The summed E-state index contributed by atoms with van der Waals surface area (Å²) in [4.78, 5) is 13.2. The van der Waals surface area contributed by atoms with Crippen molar-refractivity contribution < 1.29 is 47.8 Å². The van der Waals surface area contributed by atoms with E-state index in [0.29, 0.717) is 22.6 Å². The van der Waals surface area contributed by atoms with Gasteiger partial charge in [0.25, 0.3) is 0 Å². The number of aliphatic hydroxyl groups is 1. The number of methoxy groups -OCH3 is 3. The Bertz CT molecular complexity index is 972. The van der Waals surface area contributed by atoms with E-state index in [1.807, 2.05) is 13.8 Å². The lowest BCUT2D eigenvalue weighted by Gasteiger charge is -2.26. The van der Waals surface area contributed by atoms with Gasteiger partial charge in [-0.3, -0.25) is 4.79 Å². The fourth-order valence-electron chi connectivity index (χ4n) is 4.13. The van der Waals surface area contributed by atoms with Crippen molar-refractivity contribution in [1.29, 1.82) is 0 Å². The average Bonchev–Trinajstić information content (AvgIpc) is 3.19. The molecule has 6 atom stereocenters. The zero-order valence-corrected chi connectivity index (χ0v) is 22.5. The second kappa shape index (κ2) is 13.0. The quantitative estimate of drug-likeness (QED) is 0.535. The van der Waals surface area contributed by atoms with Crippen LogP contribution in [0.1, 0.15) is 45.1 Å². The third-order valence-corrected chi connectivity index (χ3v) is 6.19. The van der Waals surface area contributed by atoms with E-state index in [1.165, 1.54) is 27.4 Å². The Hall–Kier alpha value is -2.31. The summed E-state index contributed by atoms with van der Waals surface area (Å²) in [6, 6.07) is 3.39. The minimum absolute atomic E-state index is 0.0422. The van der Waals surface area contributed by atoms with Gasteiger partial charge in [0.1, 0.15) is 30.5 Å². The van der Waals surface area contributed by atoms with Crippen LogP contribution in [-0.2, 0) is 33.2 Å². The highest BCUT2D eigenvalue weighted by molar-refractivity contribution is 5.94. The molecule has 0 aromatic heterocycles. The number of hydrogen-bond acceptors (Lipinski definition) is 10. The summed E-state index contributed by atoms with van der Waals surface area (Å²) in [5.74, 6) is -0.646. The van der Waals surface area contributed by atoms with Gasteiger partial charge in [0.2, 0.25) is 0 Å². The van der Waals surface area contributed by atoms with Gasteiger partial charge in [-0.05, 0) is 38.5 Å². The molecule has 0 aliphatic carbocycles. The van der Waals surface area contributed by atoms with Crippen molar-refractivity contribution in [3.05, 3.63) is 41.5 Å². The van der Waals surface area contributed by atoms with E-state index >= 15 is 0 Å². The van der Waals surface area contributed by atoms with Crippen LogP contribution in [0.25, 0.3) is 6.08 Å². The molecule has 4 unspecified atom stereocenters. The Morgan fingerprint density at radius 2 is 1.73 bits per heavy atom. The molecule has 0 radical (unpaired) electrons. The maximum absolute atomic E-state index is 13.2. The van der Waals surface area contributed by atoms with E-state index in [0.717, 1.165) is 0 Å². The summed E-state index contributed by atoms with van der Waals surface area (Å²) < 4.78 is 45.4. The number of hydrogen-bond donors (Lipinski definition) is 1. The van der Waals surface area contributed by atoms with Gasteiger partial charge in [0.15, 0.2) is 30.8 Å². The van der Waals surface area contributed by atoms with Gasteiger partial charge in [-0.15, -0.1) is 0 Å². The molecule has 3 rings (SSSR count). The van der Waals surface area contributed by atoms with Gasteiger partial charge in [-0.25, -0.2) is 0 Å². The van der Waals surface area contributed by atoms with E-state index in [-0.39, 0.29) is 25.3 Å². The Kier molecular flexibility index (Phi) is 10.3. The number of fused-ring (bicyclic) bond motifs is 2. The van der Waals surface area contributed by atoms with Gasteiger partial charge >= 0.3 is 0 Å². The monoisotopic (exact) mass is 522 g/mol. The first kappa shape index (κ1) is 29.2. The van der Waals surface area contributed by atoms with E-state index in [9.17, 15) is 9.90 Å². The van der Waals surface area contributed by atoms with Gasteiger partial charge in [0, 0.05) is 26.2 Å². The SMILES string of the molecule is COCOc1cc(OC)cc2c1C(O)O[C@@H](C)[C@H](C)/C=C\C(=O)C1OC(C)(C)OC1C(OCOC)/C=C/2. The fourth-order valence-corrected chi connectivity index (χ4v) is 4.13. The molecule has 0 amide bonds. The number of ether oxygens (including phenoxy) is 8. The number of ketones is 1. The van der Waals surface area contributed by atoms with Crippen LogP contribution in [0.3, 0.4) is 0 Å². The number of benzene rings is 1. The molecule has 10 nitrogen and oxygen atoms in total. The van der Waals surface area contributed by atoms with Crippen LogP contribution in [0, 0.1) is 5.92 Å². The molecule has 0 spiro atoms. The first-order valence-electron chi connectivity index (χ1n) is 12.1. The Labute approximate surface area is 218 Å². The highest BCUT2D eigenvalue weighted by Gasteiger charge is 2.48. The van der Waals surface area contributed by atoms with Crippen molar-refractivity contribution in [2.45, 2.75) is 64.2 Å². The molecule has 37 heavy (non-hydrogen) atoms. The van der Waals surface area contributed by atoms with Crippen molar-refractivity contribution in [2.24, 2.45) is 5.92 Å². The van der Waals surface area contributed by atoms with Crippen LogP contribution >= 0.6 is 0 Å². The molecule has 1 aromatic rings. The summed E-state index contributed by atoms with van der Waals surface area (Å²) in [6.45, 7) is 7.12. The second-order valence-corrected chi connectivity index (χ2v) is 9.41. The maximum Gasteiger partial charge on any atom is 0.188 e. The van der Waals surface area contributed by atoms with Crippen LogP contribution in [0.5, 0.6) is 11.5 Å². The number of aliphatic hydroxyl groups excluding tert-OH is 1. The van der Waals surface area contributed by atoms with E-state index < -0.39 is 36.5 Å². The predicted molar refractivity (Wildman–Crippen MR) is 134 cm³/mol. The van der Waals surface area contributed by atoms with Crippen LogP contribution in [-0.4, -0.2) is 76.0 Å². The highest BCUT2D eigenvalue weighted by Crippen LogP contribution is 2.38. The van der Waals surface area contributed by atoms with E-state index in [4.69, 9.17) is 37.9 Å². The van der Waals surface area contributed by atoms with Gasteiger partial charge < -0.3 is 43.0 Å². The molecule has 206 valence electrons. The number of rotatable bonds is 7.